The second-order valence-electron chi connectivity index (χ2n) is 11.9. The third kappa shape index (κ3) is 3.56. The predicted molar refractivity (Wildman–Crippen MR) is 125 cm³/mol. The fraction of sp³-hybridized carbons (Fsp3) is 0.692. The monoisotopic (exact) mass is 467 g/mol. The number of carbonyl (C=O) groups excluding carboxylic acids is 1. The van der Waals surface area contributed by atoms with Crippen LogP contribution in [-0.4, -0.2) is 35.8 Å². The van der Waals surface area contributed by atoms with Crippen molar-refractivity contribution in [2.75, 3.05) is 13.2 Å². The summed E-state index contributed by atoms with van der Waals surface area (Å²) in [5.41, 5.74) is 9.80. The minimum absolute atomic E-state index is 0.162. The predicted octanol–water partition coefficient (Wildman–Crippen LogP) is 3.83. The molecule has 1 amide bonds. The largest absolute Gasteiger partial charge is 0.493 e. The highest BCUT2D eigenvalue weighted by molar-refractivity contribution is 5.99. The molecule has 5 aliphatic carbocycles. The Kier molecular flexibility index (Phi) is 4.83. The van der Waals surface area contributed by atoms with Crippen molar-refractivity contribution in [3.05, 3.63) is 29.1 Å². The van der Waals surface area contributed by atoms with Gasteiger partial charge in [0.1, 0.15) is 11.6 Å². The van der Waals surface area contributed by atoms with Crippen LogP contribution in [0.5, 0.6) is 5.75 Å². The molecule has 8 rings (SSSR count). The topological polar surface area (TPSA) is 78.0 Å². The fourth-order valence-electron chi connectivity index (χ4n) is 8.09. The first-order valence-electron chi connectivity index (χ1n) is 13.2. The molecule has 0 unspecified atom stereocenters. The van der Waals surface area contributed by atoms with E-state index in [9.17, 15) is 4.79 Å². The zero-order chi connectivity index (χ0) is 22.9. The quantitative estimate of drug-likeness (QED) is 0.593. The summed E-state index contributed by atoms with van der Waals surface area (Å²) in [6.45, 7) is 1.30. The van der Waals surface area contributed by atoms with Crippen LogP contribution in [0.2, 0.25) is 0 Å². The van der Waals surface area contributed by atoms with E-state index >= 15 is 4.39 Å². The second-order valence-corrected chi connectivity index (χ2v) is 11.9. The van der Waals surface area contributed by atoms with Gasteiger partial charge in [-0.25, -0.2) is 9.93 Å². The molecule has 2 heterocycles. The first-order chi connectivity index (χ1) is 16.6. The fourth-order valence-corrected chi connectivity index (χ4v) is 8.09. The van der Waals surface area contributed by atoms with Gasteiger partial charge in [0.2, 0.25) is 0 Å². The van der Waals surface area contributed by atoms with Gasteiger partial charge in [-0.1, -0.05) is 0 Å². The van der Waals surface area contributed by atoms with Crippen molar-refractivity contribution in [3.63, 3.8) is 0 Å². The van der Waals surface area contributed by atoms with Crippen LogP contribution in [0.15, 0.2) is 17.2 Å². The summed E-state index contributed by atoms with van der Waals surface area (Å²) in [5, 5.41) is 4.17. The number of ether oxygens (including phenoxy) is 1. The molecule has 7 aliphatic rings. The minimum atomic E-state index is -0.474. The van der Waals surface area contributed by atoms with Crippen molar-refractivity contribution in [1.82, 2.24) is 21.4 Å². The normalized spacial score (nSPS) is 35.8. The van der Waals surface area contributed by atoms with Gasteiger partial charge in [-0.15, -0.1) is 10.6 Å². The molecule has 1 atom stereocenters. The number of hydrazine groups is 2. The summed E-state index contributed by atoms with van der Waals surface area (Å²) in [6, 6.07) is 3.12. The molecule has 5 saturated carbocycles. The smallest absolute Gasteiger partial charge is 0.257 e. The maximum absolute atomic E-state index is 15.4. The molecular weight excluding hydrogens is 433 g/mol. The van der Waals surface area contributed by atoms with Gasteiger partial charge < -0.3 is 9.64 Å². The number of hydrogen-bond donors (Lipinski definition) is 3. The zero-order valence-corrected chi connectivity index (χ0v) is 19.6. The van der Waals surface area contributed by atoms with Crippen molar-refractivity contribution in [3.8, 4) is 5.75 Å². The van der Waals surface area contributed by atoms with Crippen LogP contribution in [-0.2, 0) is 0 Å². The molecule has 0 aromatic heterocycles. The Morgan fingerprint density at radius 1 is 1.12 bits per heavy atom. The lowest BCUT2D eigenvalue weighted by Gasteiger charge is -2.56. The van der Waals surface area contributed by atoms with Crippen LogP contribution in [0.1, 0.15) is 86.0 Å². The number of halogens is 1. The van der Waals surface area contributed by atoms with Crippen LogP contribution < -0.4 is 21.2 Å². The van der Waals surface area contributed by atoms with Crippen molar-refractivity contribution in [1.29, 1.82) is 0 Å². The highest BCUT2D eigenvalue weighted by atomic mass is 19.1. The van der Waals surface area contributed by atoms with Gasteiger partial charge in [0.25, 0.3) is 5.91 Å². The van der Waals surface area contributed by atoms with E-state index in [1.807, 2.05) is 0 Å². The molecule has 1 aromatic rings. The van der Waals surface area contributed by atoms with Gasteiger partial charge in [0.15, 0.2) is 5.84 Å². The Bertz CT molecular complexity index is 1000. The molecule has 6 fully saturated rings. The minimum Gasteiger partial charge on any atom is -0.493 e. The molecule has 0 radical (unpaired) electrons. The number of hydrogen-bond acceptors (Lipinski definition) is 6. The van der Waals surface area contributed by atoms with Gasteiger partial charge in [-0.3, -0.25) is 10.2 Å². The summed E-state index contributed by atoms with van der Waals surface area (Å²) >= 11 is 0. The number of amides is 1. The van der Waals surface area contributed by atoms with E-state index in [1.165, 1.54) is 44.6 Å². The summed E-state index contributed by atoms with van der Waals surface area (Å²) in [6.07, 6.45) is 11.9. The summed E-state index contributed by atoms with van der Waals surface area (Å²) in [4.78, 5) is 15.2. The zero-order valence-electron chi connectivity index (χ0n) is 19.6. The third-order valence-corrected chi connectivity index (χ3v) is 9.30. The number of hydrazone groups is 1. The van der Waals surface area contributed by atoms with E-state index < -0.39 is 5.82 Å². The molecule has 8 heteroatoms. The van der Waals surface area contributed by atoms with Crippen molar-refractivity contribution in [2.45, 2.75) is 76.2 Å². The summed E-state index contributed by atoms with van der Waals surface area (Å²) in [7, 11) is 0. The third-order valence-electron chi connectivity index (χ3n) is 9.30. The summed E-state index contributed by atoms with van der Waals surface area (Å²) in [5.74, 6) is 3.59. The van der Waals surface area contributed by atoms with Crippen LogP contribution >= 0.6 is 0 Å². The maximum Gasteiger partial charge on any atom is 0.257 e. The first kappa shape index (κ1) is 21.0. The average molecular weight is 468 g/mol. The van der Waals surface area contributed by atoms with Gasteiger partial charge in [-0.2, -0.15) is 0 Å². The van der Waals surface area contributed by atoms with Crippen molar-refractivity contribution < 1.29 is 13.9 Å². The Balaban J connectivity index is 1.13. The van der Waals surface area contributed by atoms with Gasteiger partial charge in [0, 0.05) is 18.0 Å². The first-order valence-corrected chi connectivity index (χ1v) is 13.2. The Morgan fingerprint density at radius 3 is 2.50 bits per heavy atom. The Hall–Kier alpha value is -2.35. The number of likely N-dealkylation sites (tertiary alicyclic amines) is 1. The Morgan fingerprint density at radius 2 is 1.85 bits per heavy atom. The van der Waals surface area contributed by atoms with E-state index in [2.05, 4.69) is 21.6 Å². The molecule has 4 bridgehead atoms. The molecule has 1 saturated heterocycles. The van der Waals surface area contributed by atoms with E-state index in [1.54, 1.807) is 11.0 Å². The van der Waals surface area contributed by atoms with E-state index in [0.29, 0.717) is 30.7 Å². The maximum atomic E-state index is 15.4. The standard InChI is InChI=1S/C26H34FN5O2/c27-21-10-23(34-14-26-11-15-6-16(12-26)8-17(7-15)13-26)19(18-3-4-18)9-20(21)25(33)32-5-1-2-22(32)24-28-30-31-29-24/h9-10,15-18,22,30-31H,1-8,11-14H2,(H,28,29)/t15?,16?,17?,22-,26?/m0/s1. The van der Waals surface area contributed by atoms with E-state index in [-0.39, 0.29) is 22.9 Å². The van der Waals surface area contributed by atoms with Crippen LogP contribution in [0.3, 0.4) is 0 Å². The molecule has 1 aromatic carbocycles. The molecule has 34 heavy (non-hydrogen) atoms. The lowest BCUT2D eigenvalue weighted by molar-refractivity contribution is -0.0747. The van der Waals surface area contributed by atoms with Crippen molar-refractivity contribution >= 4 is 11.7 Å². The van der Waals surface area contributed by atoms with Gasteiger partial charge >= 0.3 is 0 Å². The highest BCUT2D eigenvalue weighted by Crippen LogP contribution is 2.60. The van der Waals surface area contributed by atoms with Crippen LogP contribution in [0, 0.1) is 29.0 Å². The molecule has 0 spiro atoms. The average Bonchev–Trinajstić information content (AvgIpc) is 3.29. The van der Waals surface area contributed by atoms with Crippen LogP contribution in [0.4, 0.5) is 4.39 Å². The van der Waals surface area contributed by atoms with Gasteiger partial charge in [0.05, 0.1) is 18.2 Å². The van der Waals surface area contributed by atoms with Crippen molar-refractivity contribution in [2.24, 2.45) is 28.3 Å². The molecule has 7 nitrogen and oxygen atoms in total. The number of rotatable bonds is 6. The molecular formula is C26H34FN5O2. The second kappa shape index (κ2) is 7.83. The number of carbonyl (C=O) groups is 1. The molecule has 182 valence electrons. The number of benzene rings is 1. The summed E-state index contributed by atoms with van der Waals surface area (Å²) < 4.78 is 21.9. The lowest BCUT2D eigenvalue weighted by atomic mass is 9.50. The molecule has 2 aliphatic heterocycles. The number of nitrogens with zero attached hydrogens (tertiary/aromatic N) is 2. The Labute approximate surface area is 199 Å². The lowest BCUT2D eigenvalue weighted by Crippen LogP contribution is -2.48. The van der Waals surface area contributed by atoms with Gasteiger partial charge in [-0.05, 0) is 99.5 Å². The van der Waals surface area contributed by atoms with E-state index in [4.69, 9.17) is 4.74 Å². The van der Waals surface area contributed by atoms with Crippen LogP contribution in [0.25, 0.3) is 0 Å². The number of nitrogens with one attached hydrogen (secondary N) is 3. The highest BCUT2D eigenvalue weighted by Gasteiger charge is 2.51. The van der Waals surface area contributed by atoms with E-state index in [0.717, 1.165) is 49.0 Å². The molecule has 3 N–H and O–H groups in total. The number of amidine groups is 1. The SMILES string of the molecule is O=C(c1cc(C2CC2)c(OCC23CC4CC(CC(C4)C2)C3)cc1F)N1CCC[C@H]1C1=NNNN1.